The van der Waals surface area contributed by atoms with E-state index in [1.165, 1.54) is 6.07 Å². The van der Waals surface area contributed by atoms with Crippen LogP contribution in [0.15, 0.2) is 18.2 Å². The summed E-state index contributed by atoms with van der Waals surface area (Å²) >= 11 is 0. The van der Waals surface area contributed by atoms with Crippen LogP contribution in [0, 0.1) is 11.6 Å². The number of rotatable bonds is 3. The predicted molar refractivity (Wildman–Crippen MR) is 59.5 cm³/mol. The zero-order valence-corrected chi connectivity index (χ0v) is 9.30. The van der Waals surface area contributed by atoms with Gasteiger partial charge < -0.3 is 10.6 Å². The third kappa shape index (κ3) is 3.23. The maximum absolute atomic E-state index is 12.9. The molecule has 2 N–H and O–H groups in total. The van der Waals surface area contributed by atoms with Gasteiger partial charge in [0, 0.05) is 12.6 Å². The Bertz CT molecular complexity index is 417. The van der Waals surface area contributed by atoms with Crippen LogP contribution in [-0.2, 0) is 11.2 Å². The standard InChI is InChI=1S/C12H14F2N2O/c13-10-2-1-8(5-11(10)14)6-12(17)16-9-3-4-15-7-9/h1-2,5,9,15H,3-4,6-7H2,(H,16,17)/t9-/m1/s1. The molecule has 1 heterocycles. The van der Waals surface area contributed by atoms with Crippen LogP contribution >= 0.6 is 0 Å². The van der Waals surface area contributed by atoms with Gasteiger partial charge in [-0.05, 0) is 30.7 Å². The minimum atomic E-state index is -0.919. The lowest BCUT2D eigenvalue weighted by Gasteiger charge is -2.11. The van der Waals surface area contributed by atoms with Gasteiger partial charge in [0.05, 0.1) is 6.42 Å². The highest BCUT2D eigenvalue weighted by Gasteiger charge is 2.16. The first kappa shape index (κ1) is 12.0. The van der Waals surface area contributed by atoms with Crippen LogP contribution in [0.5, 0.6) is 0 Å². The lowest BCUT2D eigenvalue weighted by molar-refractivity contribution is -0.121. The Morgan fingerprint density at radius 1 is 1.41 bits per heavy atom. The van der Waals surface area contributed by atoms with Gasteiger partial charge in [-0.25, -0.2) is 8.78 Å². The van der Waals surface area contributed by atoms with Gasteiger partial charge in [0.2, 0.25) is 5.91 Å². The molecular formula is C12H14F2N2O. The molecule has 1 fully saturated rings. The summed E-state index contributed by atoms with van der Waals surface area (Å²) in [7, 11) is 0. The van der Waals surface area contributed by atoms with Crippen molar-refractivity contribution in [1.82, 2.24) is 10.6 Å². The number of carbonyl (C=O) groups excluding carboxylic acids is 1. The Morgan fingerprint density at radius 2 is 2.24 bits per heavy atom. The molecule has 0 saturated carbocycles. The highest BCUT2D eigenvalue weighted by atomic mass is 19.2. The average Bonchev–Trinajstić information content (AvgIpc) is 2.76. The molecule has 1 saturated heterocycles. The second-order valence-electron chi connectivity index (χ2n) is 4.18. The molecule has 3 nitrogen and oxygen atoms in total. The van der Waals surface area contributed by atoms with Crippen molar-refractivity contribution in [2.75, 3.05) is 13.1 Å². The van der Waals surface area contributed by atoms with Crippen LogP contribution in [0.25, 0.3) is 0 Å². The second-order valence-corrected chi connectivity index (χ2v) is 4.18. The highest BCUT2D eigenvalue weighted by molar-refractivity contribution is 5.78. The summed E-state index contributed by atoms with van der Waals surface area (Å²) in [6.45, 7) is 1.67. The van der Waals surface area contributed by atoms with E-state index in [4.69, 9.17) is 0 Å². The smallest absolute Gasteiger partial charge is 0.224 e. The van der Waals surface area contributed by atoms with Crippen molar-refractivity contribution in [3.8, 4) is 0 Å². The first-order valence-corrected chi connectivity index (χ1v) is 5.59. The minimum absolute atomic E-state index is 0.0771. The Kier molecular flexibility index (Phi) is 3.68. The molecule has 0 aromatic heterocycles. The number of carbonyl (C=O) groups is 1. The molecule has 1 atom stereocenters. The van der Waals surface area contributed by atoms with E-state index in [-0.39, 0.29) is 18.4 Å². The lowest BCUT2D eigenvalue weighted by Crippen LogP contribution is -2.37. The number of amides is 1. The minimum Gasteiger partial charge on any atom is -0.352 e. The molecule has 0 radical (unpaired) electrons. The van der Waals surface area contributed by atoms with Gasteiger partial charge in [0.1, 0.15) is 0 Å². The Labute approximate surface area is 98.2 Å². The van der Waals surface area contributed by atoms with E-state index < -0.39 is 11.6 Å². The van der Waals surface area contributed by atoms with E-state index in [1.54, 1.807) is 0 Å². The molecular weight excluding hydrogens is 226 g/mol. The van der Waals surface area contributed by atoms with Crippen LogP contribution in [0.4, 0.5) is 8.78 Å². The van der Waals surface area contributed by atoms with Crippen molar-refractivity contribution >= 4 is 5.91 Å². The van der Waals surface area contributed by atoms with E-state index >= 15 is 0 Å². The molecule has 17 heavy (non-hydrogen) atoms. The first-order valence-electron chi connectivity index (χ1n) is 5.59. The lowest BCUT2D eigenvalue weighted by atomic mass is 10.1. The van der Waals surface area contributed by atoms with Crippen molar-refractivity contribution in [2.45, 2.75) is 18.9 Å². The molecule has 1 aliphatic heterocycles. The molecule has 0 spiro atoms. The van der Waals surface area contributed by atoms with Gasteiger partial charge in [-0.1, -0.05) is 6.07 Å². The second kappa shape index (κ2) is 5.23. The Balaban J connectivity index is 1.90. The molecule has 1 amide bonds. The van der Waals surface area contributed by atoms with E-state index in [9.17, 15) is 13.6 Å². The molecule has 1 aromatic rings. The normalized spacial score (nSPS) is 19.3. The predicted octanol–water partition coefficient (Wildman–Crippen LogP) is 0.985. The Hall–Kier alpha value is -1.49. The number of nitrogens with one attached hydrogen (secondary N) is 2. The van der Waals surface area contributed by atoms with Crippen molar-refractivity contribution < 1.29 is 13.6 Å². The fourth-order valence-electron chi connectivity index (χ4n) is 1.89. The molecule has 5 heteroatoms. The average molecular weight is 240 g/mol. The molecule has 0 aliphatic carbocycles. The maximum atomic E-state index is 12.9. The number of benzene rings is 1. The molecule has 0 unspecified atom stereocenters. The fourth-order valence-corrected chi connectivity index (χ4v) is 1.89. The van der Waals surface area contributed by atoms with Gasteiger partial charge in [0.15, 0.2) is 11.6 Å². The van der Waals surface area contributed by atoms with E-state index in [1.807, 2.05) is 0 Å². The zero-order valence-electron chi connectivity index (χ0n) is 9.30. The summed E-state index contributed by atoms with van der Waals surface area (Å²) in [5, 5.41) is 5.98. The number of hydrogen-bond donors (Lipinski definition) is 2. The molecule has 1 aliphatic rings. The van der Waals surface area contributed by atoms with Crippen molar-refractivity contribution in [2.24, 2.45) is 0 Å². The maximum Gasteiger partial charge on any atom is 0.224 e. The van der Waals surface area contributed by atoms with E-state index in [2.05, 4.69) is 10.6 Å². The third-order valence-corrected chi connectivity index (χ3v) is 2.77. The van der Waals surface area contributed by atoms with Gasteiger partial charge >= 0.3 is 0 Å². The summed E-state index contributed by atoms with van der Waals surface area (Å²) in [6, 6.07) is 3.66. The summed E-state index contributed by atoms with van der Waals surface area (Å²) in [4.78, 5) is 11.6. The third-order valence-electron chi connectivity index (χ3n) is 2.77. The number of hydrogen-bond acceptors (Lipinski definition) is 2. The quantitative estimate of drug-likeness (QED) is 0.827. The SMILES string of the molecule is O=C(Cc1ccc(F)c(F)c1)N[C@@H]1CCNC1. The monoisotopic (exact) mass is 240 g/mol. The fraction of sp³-hybridized carbons (Fsp3) is 0.417. The zero-order chi connectivity index (χ0) is 12.3. The van der Waals surface area contributed by atoms with Crippen molar-refractivity contribution in [3.63, 3.8) is 0 Å². The summed E-state index contributed by atoms with van der Waals surface area (Å²) in [6.07, 6.45) is 0.983. The highest BCUT2D eigenvalue weighted by Crippen LogP contribution is 2.09. The van der Waals surface area contributed by atoms with Gasteiger partial charge in [-0.2, -0.15) is 0 Å². The van der Waals surface area contributed by atoms with Crippen molar-refractivity contribution in [1.29, 1.82) is 0 Å². The molecule has 92 valence electrons. The summed E-state index contributed by atoms with van der Waals surface area (Å²) in [5.74, 6) is -1.98. The van der Waals surface area contributed by atoms with Gasteiger partial charge in [0.25, 0.3) is 0 Å². The van der Waals surface area contributed by atoms with Crippen LogP contribution in [-0.4, -0.2) is 25.0 Å². The van der Waals surface area contributed by atoms with E-state index in [0.29, 0.717) is 5.56 Å². The van der Waals surface area contributed by atoms with Gasteiger partial charge in [-0.3, -0.25) is 4.79 Å². The molecule has 2 rings (SSSR count). The van der Waals surface area contributed by atoms with E-state index in [0.717, 1.165) is 31.6 Å². The van der Waals surface area contributed by atoms with Crippen LogP contribution < -0.4 is 10.6 Å². The molecule has 1 aromatic carbocycles. The van der Waals surface area contributed by atoms with Gasteiger partial charge in [-0.15, -0.1) is 0 Å². The topological polar surface area (TPSA) is 41.1 Å². The largest absolute Gasteiger partial charge is 0.352 e. The van der Waals surface area contributed by atoms with Crippen LogP contribution in [0.1, 0.15) is 12.0 Å². The van der Waals surface area contributed by atoms with Crippen LogP contribution in [0.2, 0.25) is 0 Å². The van der Waals surface area contributed by atoms with Crippen molar-refractivity contribution in [3.05, 3.63) is 35.4 Å². The first-order chi connectivity index (χ1) is 8.15. The Morgan fingerprint density at radius 3 is 2.88 bits per heavy atom. The summed E-state index contributed by atoms with van der Waals surface area (Å²) < 4.78 is 25.6. The molecule has 0 bridgehead atoms. The number of halogens is 2. The van der Waals surface area contributed by atoms with Crippen LogP contribution in [0.3, 0.4) is 0 Å². The summed E-state index contributed by atoms with van der Waals surface area (Å²) in [5.41, 5.74) is 0.479.